The highest BCUT2D eigenvalue weighted by Gasteiger charge is 2.33. The Kier molecular flexibility index (Phi) is 6.75. The van der Waals surface area contributed by atoms with Crippen molar-refractivity contribution in [3.8, 4) is 0 Å². The van der Waals surface area contributed by atoms with Gasteiger partial charge in [-0.1, -0.05) is 37.3 Å². The molecule has 1 fully saturated rings. The molecule has 6 heteroatoms. The lowest BCUT2D eigenvalue weighted by molar-refractivity contribution is -0.138. The summed E-state index contributed by atoms with van der Waals surface area (Å²) in [5, 5.41) is 0. The van der Waals surface area contributed by atoms with Crippen LogP contribution >= 0.6 is 0 Å². The van der Waals surface area contributed by atoms with Crippen molar-refractivity contribution >= 4 is 11.7 Å². The normalized spacial score (nSPS) is 16.1. The van der Waals surface area contributed by atoms with Crippen molar-refractivity contribution in [2.24, 2.45) is 5.92 Å². The minimum Gasteiger partial charge on any atom is -0.341 e. The van der Waals surface area contributed by atoms with Crippen molar-refractivity contribution in [3.63, 3.8) is 0 Å². The molecule has 0 N–H and O–H groups in total. The SMILES string of the molecule is CCN(C)C(C(=O)N1CCC(C(=O)c2cc(F)ccc2F)CC1)c1ccccc1. The zero-order chi connectivity index (χ0) is 21.0. The molecule has 0 aliphatic carbocycles. The van der Waals surface area contributed by atoms with Gasteiger partial charge in [0, 0.05) is 19.0 Å². The lowest BCUT2D eigenvalue weighted by atomic mass is 9.88. The van der Waals surface area contributed by atoms with Gasteiger partial charge in [0.25, 0.3) is 0 Å². The lowest BCUT2D eigenvalue weighted by Gasteiger charge is -2.36. The third kappa shape index (κ3) is 4.70. The van der Waals surface area contributed by atoms with Crippen LogP contribution in [0.25, 0.3) is 0 Å². The van der Waals surface area contributed by atoms with Gasteiger partial charge < -0.3 is 4.90 Å². The summed E-state index contributed by atoms with van der Waals surface area (Å²) in [6, 6.07) is 12.2. The Balaban J connectivity index is 1.69. The average molecular weight is 400 g/mol. The van der Waals surface area contributed by atoms with Gasteiger partial charge >= 0.3 is 0 Å². The number of carbonyl (C=O) groups excluding carboxylic acids is 2. The number of carbonyl (C=O) groups is 2. The quantitative estimate of drug-likeness (QED) is 0.686. The van der Waals surface area contributed by atoms with Crippen LogP contribution in [0.2, 0.25) is 0 Å². The van der Waals surface area contributed by atoms with Gasteiger partial charge in [0.2, 0.25) is 5.91 Å². The van der Waals surface area contributed by atoms with Gasteiger partial charge in [-0.2, -0.15) is 0 Å². The van der Waals surface area contributed by atoms with Crippen molar-refractivity contribution in [2.75, 3.05) is 26.7 Å². The fourth-order valence-corrected chi connectivity index (χ4v) is 3.84. The zero-order valence-corrected chi connectivity index (χ0v) is 16.8. The van der Waals surface area contributed by atoms with E-state index in [-0.39, 0.29) is 23.3 Å². The highest BCUT2D eigenvalue weighted by atomic mass is 19.1. The third-order valence-electron chi connectivity index (χ3n) is 5.66. The highest BCUT2D eigenvalue weighted by Crippen LogP contribution is 2.27. The molecule has 0 aromatic heterocycles. The number of nitrogens with zero attached hydrogens (tertiary/aromatic N) is 2. The van der Waals surface area contributed by atoms with Crippen molar-refractivity contribution in [2.45, 2.75) is 25.8 Å². The molecule has 1 atom stereocenters. The Morgan fingerprint density at radius 1 is 1.10 bits per heavy atom. The molecule has 1 heterocycles. The molecule has 29 heavy (non-hydrogen) atoms. The maximum atomic E-state index is 13.9. The molecule has 0 radical (unpaired) electrons. The molecule has 1 saturated heterocycles. The molecule has 0 saturated carbocycles. The average Bonchev–Trinajstić information content (AvgIpc) is 2.75. The fourth-order valence-electron chi connectivity index (χ4n) is 3.84. The molecule has 0 spiro atoms. The number of rotatable bonds is 6. The van der Waals surface area contributed by atoms with E-state index >= 15 is 0 Å². The van der Waals surface area contributed by atoms with Gasteiger partial charge in [0.15, 0.2) is 5.78 Å². The molecular weight excluding hydrogens is 374 g/mol. The van der Waals surface area contributed by atoms with E-state index in [4.69, 9.17) is 0 Å². The number of amides is 1. The predicted molar refractivity (Wildman–Crippen MR) is 107 cm³/mol. The number of benzene rings is 2. The topological polar surface area (TPSA) is 40.6 Å². The number of piperidine rings is 1. The van der Waals surface area contributed by atoms with Crippen LogP contribution in [0.3, 0.4) is 0 Å². The molecular formula is C23H26F2N2O2. The number of halogens is 2. The summed E-state index contributed by atoms with van der Waals surface area (Å²) in [5.41, 5.74) is 0.726. The summed E-state index contributed by atoms with van der Waals surface area (Å²) in [6.45, 7) is 3.57. The van der Waals surface area contributed by atoms with Crippen molar-refractivity contribution < 1.29 is 18.4 Å². The van der Waals surface area contributed by atoms with Gasteiger partial charge in [-0.3, -0.25) is 14.5 Å². The summed E-state index contributed by atoms with van der Waals surface area (Å²) in [6.07, 6.45) is 0.885. The van der Waals surface area contributed by atoms with Gasteiger partial charge in [-0.25, -0.2) is 8.78 Å². The summed E-state index contributed by atoms with van der Waals surface area (Å²) >= 11 is 0. The maximum Gasteiger partial charge on any atom is 0.244 e. The third-order valence-corrected chi connectivity index (χ3v) is 5.66. The van der Waals surface area contributed by atoms with Gasteiger partial charge in [0.1, 0.15) is 17.7 Å². The Hall–Kier alpha value is -2.60. The van der Waals surface area contributed by atoms with Crippen LogP contribution in [-0.4, -0.2) is 48.2 Å². The number of ketones is 1. The van der Waals surface area contributed by atoms with Crippen LogP contribution in [0.4, 0.5) is 8.78 Å². The molecule has 1 amide bonds. The van der Waals surface area contributed by atoms with Gasteiger partial charge in [-0.05, 0) is 50.2 Å². The van der Waals surface area contributed by atoms with E-state index in [1.165, 1.54) is 0 Å². The molecule has 0 bridgehead atoms. The summed E-state index contributed by atoms with van der Waals surface area (Å²) in [7, 11) is 1.92. The Bertz CT molecular complexity index is 864. The molecule has 2 aromatic rings. The van der Waals surface area contributed by atoms with Gasteiger partial charge in [0.05, 0.1) is 5.56 Å². The van der Waals surface area contributed by atoms with Crippen LogP contribution in [-0.2, 0) is 4.79 Å². The van der Waals surface area contributed by atoms with E-state index in [1.807, 2.05) is 49.2 Å². The van der Waals surface area contributed by atoms with E-state index in [1.54, 1.807) is 4.90 Å². The molecule has 1 unspecified atom stereocenters. The van der Waals surface area contributed by atoms with E-state index < -0.39 is 17.6 Å². The predicted octanol–water partition coefficient (Wildman–Crippen LogP) is 4.08. The standard InChI is InChI=1S/C23H26F2N2O2/c1-3-26(2)21(16-7-5-4-6-8-16)23(29)27-13-11-17(12-14-27)22(28)19-15-18(24)9-10-20(19)25/h4-10,15,17,21H,3,11-14H2,1-2H3. The van der Waals surface area contributed by atoms with E-state index in [2.05, 4.69) is 0 Å². The van der Waals surface area contributed by atoms with E-state index in [0.29, 0.717) is 25.9 Å². The minimum absolute atomic E-state index is 0.00313. The minimum atomic E-state index is -0.705. The fraction of sp³-hybridized carbons (Fsp3) is 0.391. The van der Waals surface area contributed by atoms with Crippen LogP contribution in [0.15, 0.2) is 48.5 Å². The number of likely N-dealkylation sites (tertiary alicyclic amines) is 1. The largest absolute Gasteiger partial charge is 0.341 e. The maximum absolute atomic E-state index is 13.9. The van der Waals surface area contributed by atoms with Crippen molar-refractivity contribution in [1.29, 1.82) is 0 Å². The first-order valence-electron chi connectivity index (χ1n) is 9.95. The zero-order valence-electron chi connectivity index (χ0n) is 16.8. The smallest absolute Gasteiger partial charge is 0.244 e. The van der Waals surface area contributed by atoms with Crippen LogP contribution in [0.5, 0.6) is 0 Å². The summed E-state index contributed by atoms with van der Waals surface area (Å²) in [5.74, 6) is -2.13. The van der Waals surface area contributed by atoms with E-state index in [9.17, 15) is 18.4 Å². The number of Topliss-reactive ketones (excluding diaryl/α,β-unsaturated/α-hetero) is 1. The summed E-state index contributed by atoms with van der Waals surface area (Å²) < 4.78 is 27.4. The number of hydrogen-bond donors (Lipinski definition) is 0. The lowest BCUT2D eigenvalue weighted by Crippen LogP contribution is -2.46. The van der Waals surface area contributed by atoms with Crippen LogP contribution < -0.4 is 0 Å². The Morgan fingerprint density at radius 3 is 2.38 bits per heavy atom. The van der Waals surface area contributed by atoms with Crippen LogP contribution in [0, 0.1) is 17.6 Å². The molecule has 154 valence electrons. The van der Waals surface area contributed by atoms with Crippen molar-refractivity contribution in [1.82, 2.24) is 9.80 Å². The van der Waals surface area contributed by atoms with Crippen molar-refractivity contribution in [3.05, 3.63) is 71.3 Å². The van der Waals surface area contributed by atoms with E-state index in [0.717, 1.165) is 30.3 Å². The first-order valence-corrected chi connectivity index (χ1v) is 9.95. The molecule has 1 aliphatic rings. The number of hydrogen-bond acceptors (Lipinski definition) is 3. The Morgan fingerprint density at radius 2 is 1.76 bits per heavy atom. The highest BCUT2D eigenvalue weighted by molar-refractivity contribution is 5.98. The monoisotopic (exact) mass is 400 g/mol. The molecule has 3 rings (SSSR count). The first kappa shape index (κ1) is 21.1. The Labute approximate surface area is 170 Å². The number of likely N-dealkylation sites (N-methyl/N-ethyl adjacent to an activating group) is 1. The summed E-state index contributed by atoms with van der Waals surface area (Å²) in [4.78, 5) is 29.6. The molecule has 2 aromatic carbocycles. The van der Waals surface area contributed by atoms with Gasteiger partial charge in [-0.15, -0.1) is 0 Å². The van der Waals surface area contributed by atoms with Crippen LogP contribution in [0.1, 0.15) is 41.7 Å². The molecule has 1 aliphatic heterocycles. The second-order valence-electron chi connectivity index (χ2n) is 7.47. The second-order valence-corrected chi connectivity index (χ2v) is 7.47. The molecule has 4 nitrogen and oxygen atoms in total. The first-order chi connectivity index (χ1) is 13.9. The second kappa shape index (κ2) is 9.27.